The Morgan fingerprint density at radius 3 is 2.52 bits per heavy atom. The maximum Gasteiger partial charge on any atom is 0.431 e. The zero-order valence-electron chi connectivity index (χ0n) is 16.0. The van der Waals surface area contributed by atoms with Crippen LogP contribution in [-0.4, -0.2) is 23.6 Å². The number of H-pyrrole nitrogens is 1. The van der Waals surface area contributed by atoms with Crippen LogP contribution in [0.15, 0.2) is 59.4 Å². The number of halogens is 3. The average Bonchev–Trinajstić information content (AvgIpc) is 3.14. The van der Waals surface area contributed by atoms with Crippen LogP contribution in [0.3, 0.4) is 0 Å². The molecule has 0 bridgehead atoms. The largest absolute Gasteiger partial charge is 0.490 e. The summed E-state index contributed by atoms with van der Waals surface area (Å²) >= 11 is 0. The fraction of sp³-hybridized carbons (Fsp3) is 0.182. The van der Waals surface area contributed by atoms with Crippen LogP contribution < -0.4 is 20.8 Å². The van der Waals surface area contributed by atoms with Gasteiger partial charge in [0, 0.05) is 12.0 Å². The number of rotatable bonds is 5. The van der Waals surface area contributed by atoms with Crippen molar-refractivity contribution in [2.45, 2.75) is 18.7 Å². The van der Waals surface area contributed by atoms with Crippen molar-refractivity contribution in [3.05, 3.63) is 81.8 Å². The number of nitrogens with two attached hydrogens (primary N) is 1. The van der Waals surface area contributed by atoms with E-state index in [0.717, 1.165) is 17.4 Å². The number of hydrogen-bond acceptors (Lipinski definition) is 4. The topological polar surface area (TPSA) is 94.4 Å². The van der Waals surface area contributed by atoms with E-state index in [9.17, 15) is 22.8 Å². The Balaban J connectivity index is 1.54. The highest BCUT2D eigenvalue weighted by Gasteiger charge is 2.36. The highest BCUT2D eigenvalue weighted by Crippen LogP contribution is 2.36. The molecule has 1 aliphatic heterocycles. The minimum atomic E-state index is -4.82. The summed E-state index contributed by atoms with van der Waals surface area (Å²) in [6.07, 6.45) is -4.28. The third-order valence-electron chi connectivity index (χ3n) is 4.91. The molecule has 0 radical (unpaired) electrons. The van der Waals surface area contributed by atoms with Gasteiger partial charge < -0.3 is 20.2 Å². The molecule has 0 aliphatic carbocycles. The molecule has 1 aliphatic rings. The molecule has 1 aromatic heterocycles. The maximum absolute atomic E-state index is 13.4. The third kappa shape index (κ3) is 4.25. The second kappa shape index (κ2) is 7.82. The van der Waals surface area contributed by atoms with E-state index in [1.54, 1.807) is 4.98 Å². The Kier molecular flexibility index (Phi) is 5.18. The Morgan fingerprint density at radius 1 is 1.16 bits per heavy atom. The molecule has 3 aromatic rings. The number of para-hydroxylation sites is 1. The van der Waals surface area contributed by atoms with E-state index >= 15 is 0 Å². The third-order valence-corrected chi connectivity index (χ3v) is 4.91. The summed E-state index contributed by atoms with van der Waals surface area (Å²) in [5.74, 6) is 0.139. The molecule has 3 N–H and O–H groups in total. The number of nitrogens with one attached hydrogen (secondary N) is 1. The predicted molar refractivity (Wildman–Crippen MR) is 106 cm³/mol. The number of carbonyl (C=O) groups excluding carboxylic acids is 1. The SMILES string of the molecule is NC(=O)c1cc(-c2ccc(OCC3Cc4ccccc4O3)cc2)c(C(F)(F)F)[nH]c1=O. The van der Waals surface area contributed by atoms with Crippen LogP contribution >= 0.6 is 0 Å². The summed E-state index contributed by atoms with van der Waals surface area (Å²) in [6.45, 7) is 0.270. The van der Waals surface area contributed by atoms with Crippen LogP contribution in [0.5, 0.6) is 11.5 Å². The van der Waals surface area contributed by atoms with Gasteiger partial charge in [0.05, 0.1) is 0 Å². The minimum absolute atomic E-state index is 0.142. The number of aromatic amines is 1. The highest BCUT2D eigenvalue weighted by atomic mass is 19.4. The molecular weight excluding hydrogens is 413 g/mol. The van der Waals surface area contributed by atoms with Crippen molar-refractivity contribution in [2.24, 2.45) is 5.73 Å². The molecule has 0 fully saturated rings. The zero-order chi connectivity index (χ0) is 22.2. The number of carbonyl (C=O) groups is 1. The van der Waals surface area contributed by atoms with Gasteiger partial charge in [-0.25, -0.2) is 0 Å². The maximum atomic E-state index is 13.4. The van der Waals surface area contributed by atoms with Crippen molar-refractivity contribution >= 4 is 5.91 Å². The lowest BCUT2D eigenvalue weighted by Gasteiger charge is -2.15. The van der Waals surface area contributed by atoms with Gasteiger partial charge in [-0.15, -0.1) is 0 Å². The number of aromatic nitrogens is 1. The van der Waals surface area contributed by atoms with Crippen molar-refractivity contribution in [3.8, 4) is 22.6 Å². The van der Waals surface area contributed by atoms with Gasteiger partial charge in [-0.1, -0.05) is 30.3 Å². The van der Waals surface area contributed by atoms with Crippen LogP contribution in [0, 0.1) is 0 Å². The van der Waals surface area contributed by atoms with Crippen molar-refractivity contribution in [3.63, 3.8) is 0 Å². The molecule has 31 heavy (non-hydrogen) atoms. The van der Waals surface area contributed by atoms with E-state index in [2.05, 4.69) is 0 Å². The average molecular weight is 430 g/mol. The molecule has 2 heterocycles. The second-order valence-electron chi connectivity index (χ2n) is 7.05. The Labute approximate surface area is 174 Å². The van der Waals surface area contributed by atoms with E-state index in [-0.39, 0.29) is 23.8 Å². The Morgan fingerprint density at radius 2 is 1.87 bits per heavy atom. The smallest absolute Gasteiger partial charge is 0.431 e. The van der Waals surface area contributed by atoms with Gasteiger partial charge in [0.2, 0.25) is 0 Å². The fourth-order valence-corrected chi connectivity index (χ4v) is 3.43. The molecule has 1 amide bonds. The molecular formula is C22H17F3N2O4. The molecule has 4 rings (SSSR count). The summed E-state index contributed by atoms with van der Waals surface area (Å²) in [4.78, 5) is 24.9. The standard InChI is InChI=1S/C22H17F3N2O4/c23-22(24,25)19-16(10-17(20(26)28)21(29)27-19)12-5-7-14(8-6-12)30-11-15-9-13-3-1-2-4-18(13)31-15/h1-8,10,15H,9,11H2,(H2,26,28)(H,27,29). The van der Waals surface area contributed by atoms with E-state index in [1.807, 2.05) is 24.3 Å². The normalized spacial score (nSPS) is 15.3. The zero-order valence-corrected chi connectivity index (χ0v) is 16.0. The van der Waals surface area contributed by atoms with Gasteiger partial charge in [0.15, 0.2) is 0 Å². The minimum Gasteiger partial charge on any atom is -0.490 e. The molecule has 1 unspecified atom stereocenters. The molecule has 9 heteroatoms. The molecule has 0 saturated heterocycles. The molecule has 0 spiro atoms. The molecule has 2 aromatic carbocycles. The lowest BCUT2D eigenvalue weighted by Crippen LogP contribution is -2.27. The second-order valence-corrected chi connectivity index (χ2v) is 7.05. The predicted octanol–water partition coefficient (Wildman–Crippen LogP) is 3.54. The number of benzene rings is 2. The number of amides is 1. The van der Waals surface area contributed by atoms with E-state index < -0.39 is 28.9 Å². The summed E-state index contributed by atoms with van der Waals surface area (Å²) < 4.78 is 51.7. The van der Waals surface area contributed by atoms with Crippen LogP contribution in [0.2, 0.25) is 0 Å². The van der Waals surface area contributed by atoms with Crippen molar-refractivity contribution < 1.29 is 27.4 Å². The first-order valence-electron chi connectivity index (χ1n) is 9.34. The summed E-state index contributed by atoms with van der Waals surface area (Å²) in [7, 11) is 0. The van der Waals surface area contributed by atoms with Crippen molar-refractivity contribution in [1.82, 2.24) is 4.98 Å². The Hall–Kier alpha value is -3.75. The van der Waals surface area contributed by atoms with Gasteiger partial charge in [0.1, 0.15) is 35.5 Å². The number of pyridine rings is 1. The van der Waals surface area contributed by atoms with Gasteiger partial charge in [-0.2, -0.15) is 13.2 Å². The Bertz CT molecular complexity index is 1160. The quantitative estimate of drug-likeness (QED) is 0.647. The monoisotopic (exact) mass is 430 g/mol. The summed E-state index contributed by atoms with van der Waals surface area (Å²) in [6, 6.07) is 14.4. The van der Waals surface area contributed by atoms with Gasteiger partial charge in [0.25, 0.3) is 11.5 Å². The number of alkyl halides is 3. The first kappa shape index (κ1) is 20.5. The first-order valence-corrected chi connectivity index (χ1v) is 9.34. The van der Waals surface area contributed by atoms with Crippen LogP contribution in [0.25, 0.3) is 11.1 Å². The fourth-order valence-electron chi connectivity index (χ4n) is 3.43. The first-order chi connectivity index (χ1) is 14.7. The van der Waals surface area contributed by atoms with Gasteiger partial charge in [-0.05, 0) is 35.4 Å². The molecule has 0 saturated carbocycles. The van der Waals surface area contributed by atoms with Crippen LogP contribution in [0.4, 0.5) is 13.2 Å². The molecule has 160 valence electrons. The van der Waals surface area contributed by atoms with Crippen LogP contribution in [0.1, 0.15) is 21.6 Å². The summed E-state index contributed by atoms with van der Waals surface area (Å²) in [5, 5.41) is 0. The van der Waals surface area contributed by atoms with E-state index in [1.165, 1.54) is 24.3 Å². The highest BCUT2D eigenvalue weighted by molar-refractivity contribution is 5.94. The van der Waals surface area contributed by atoms with Crippen molar-refractivity contribution in [1.29, 1.82) is 0 Å². The summed E-state index contributed by atoms with van der Waals surface area (Å²) in [5.41, 5.74) is 2.97. The lowest BCUT2D eigenvalue weighted by atomic mass is 10.0. The van der Waals surface area contributed by atoms with Crippen LogP contribution in [-0.2, 0) is 12.6 Å². The number of fused-ring (bicyclic) bond motifs is 1. The number of primary amides is 1. The van der Waals surface area contributed by atoms with Crippen molar-refractivity contribution in [2.75, 3.05) is 6.61 Å². The van der Waals surface area contributed by atoms with E-state index in [4.69, 9.17) is 15.2 Å². The molecule has 1 atom stereocenters. The van der Waals surface area contributed by atoms with E-state index in [0.29, 0.717) is 12.2 Å². The lowest BCUT2D eigenvalue weighted by molar-refractivity contribution is -0.140. The number of ether oxygens (including phenoxy) is 2. The molecule has 6 nitrogen and oxygen atoms in total. The van der Waals surface area contributed by atoms with Gasteiger partial charge in [-0.3, -0.25) is 9.59 Å². The number of hydrogen-bond donors (Lipinski definition) is 2. The van der Waals surface area contributed by atoms with Gasteiger partial charge >= 0.3 is 6.18 Å².